The molecule has 0 radical (unpaired) electrons. The van der Waals surface area contributed by atoms with Gasteiger partial charge in [-0.2, -0.15) is 0 Å². The number of ketones is 1. The fraction of sp³-hybridized carbons (Fsp3) is 0.294. The molecule has 0 unspecified atom stereocenters. The Morgan fingerprint density at radius 3 is 2.95 bits per heavy atom. The Kier molecular flexibility index (Phi) is 3.26. The maximum atomic E-state index is 12.1. The number of H-pyrrole nitrogens is 1. The number of hydrogen-bond donors (Lipinski definition) is 2. The highest BCUT2D eigenvalue weighted by atomic mass is 16.1. The minimum Gasteiger partial charge on any atom is -0.339 e. The Balaban J connectivity index is 2.26. The molecule has 4 heteroatoms. The zero-order valence-corrected chi connectivity index (χ0v) is 12.5. The first kappa shape index (κ1) is 13.8. The first-order valence-electron chi connectivity index (χ1n) is 7.08. The van der Waals surface area contributed by atoms with Crippen LogP contribution >= 0.6 is 0 Å². The molecule has 0 saturated heterocycles. The molecule has 2 aromatic rings. The van der Waals surface area contributed by atoms with Crippen molar-refractivity contribution in [3.05, 3.63) is 46.7 Å². The fourth-order valence-corrected chi connectivity index (χ4v) is 2.61. The van der Waals surface area contributed by atoms with E-state index in [0.717, 1.165) is 27.2 Å². The number of rotatable bonds is 3. The SMILES string of the molecule is CNCC(=O)c1ccc2[nH]c3c(c2c1)=CC(C)(C)C=CN=3. The lowest BCUT2D eigenvalue weighted by Gasteiger charge is -2.12. The lowest BCUT2D eigenvalue weighted by molar-refractivity contribution is 0.0993. The number of Topliss-reactive ketones (excluding diaryl/α,β-unsaturated/α-hetero) is 1. The Bertz CT molecular complexity index is 856. The number of carbonyl (C=O) groups excluding carboxylic acids is 1. The van der Waals surface area contributed by atoms with Crippen LogP contribution in [-0.4, -0.2) is 24.4 Å². The van der Waals surface area contributed by atoms with Crippen LogP contribution in [-0.2, 0) is 0 Å². The molecule has 0 fully saturated rings. The van der Waals surface area contributed by atoms with E-state index < -0.39 is 0 Å². The maximum absolute atomic E-state index is 12.1. The smallest absolute Gasteiger partial charge is 0.176 e. The Labute approximate surface area is 123 Å². The van der Waals surface area contributed by atoms with Gasteiger partial charge in [0.15, 0.2) is 5.78 Å². The molecule has 1 aromatic heterocycles. The summed E-state index contributed by atoms with van der Waals surface area (Å²) in [5.74, 6) is 0.0947. The summed E-state index contributed by atoms with van der Waals surface area (Å²) in [5.41, 5.74) is 2.52. The lowest BCUT2D eigenvalue weighted by Crippen LogP contribution is -2.24. The molecule has 0 spiro atoms. The lowest BCUT2D eigenvalue weighted by atomic mass is 9.92. The predicted molar refractivity (Wildman–Crippen MR) is 84.7 cm³/mol. The molecule has 0 bridgehead atoms. The highest BCUT2D eigenvalue weighted by Gasteiger charge is 2.14. The minimum absolute atomic E-state index is 0.0607. The van der Waals surface area contributed by atoms with Gasteiger partial charge in [0.1, 0.15) is 5.49 Å². The third kappa shape index (κ3) is 2.54. The zero-order valence-electron chi connectivity index (χ0n) is 12.5. The first-order valence-corrected chi connectivity index (χ1v) is 7.08. The topological polar surface area (TPSA) is 57.2 Å². The number of likely N-dealkylation sites (N-methyl/N-ethyl adjacent to an activating group) is 1. The zero-order chi connectivity index (χ0) is 15.0. The molecule has 4 nitrogen and oxygen atoms in total. The molecule has 1 aliphatic heterocycles. The Morgan fingerprint density at radius 2 is 2.19 bits per heavy atom. The van der Waals surface area contributed by atoms with E-state index in [2.05, 4.69) is 41.3 Å². The van der Waals surface area contributed by atoms with E-state index in [9.17, 15) is 4.79 Å². The van der Waals surface area contributed by atoms with Gasteiger partial charge in [0, 0.05) is 33.3 Å². The van der Waals surface area contributed by atoms with E-state index in [-0.39, 0.29) is 11.2 Å². The summed E-state index contributed by atoms with van der Waals surface area (Å²) in [6, 6.07) is 5.77. The van der Waals surface area contributed by atoms with Gasteiger partial charge in [0.2, 0.25) is 0 Å². The minimum atomic E-state index is -0.0607. The van der Waals surface area contributed by atoms with Crippen molar-refractivity contribution in [1.29, 1.82) is 0 Å². The van der Waals surface area contributed by atoms with Crippen LogP contribution in [0.5, 0.6) is 0 Å². The van der Waals surface area contributed by atoms with Crippen molar-refractivity contribution in [2.45, 2.75) is 13.8 Å². The van der Waals surface area contributed by atoms with Crippen LogP contribution in [0.3, 0.4) is 0 Å². The van der Waals surface area contributed by atoms with E-state index in [0.29, 0.717) is 6.54 Å². The fourth-order valence-electron chi connectivity index (χ4n) is 2.61. The highest BCUT2D eigenvalue weighted by Crippen LogP contribution is 2.20. The van der Waals surface area contributed by atoms with Crippen LogP contribution in [0.1, 0.15) is 24.2 Å². The van der Waals surface area contributed by atoms with Gasteiger partial charge in [-0.25, -0.2) is 4.99 Å². The van der Waals surface area contributed by atoms with E-state index >= 15 is 0 Å². The van der Waals surface area contributed by atoms with Crippen molar-refractivity contribution in [2.75, 3.05) is 13.6 Å². The van der Waals surface area contributed by atoms with Crippen LogP contribution in [0.4, 0.5) is 0 Å². The third-order valence-corrected chi connectivity index (χ3v) is 3.70. The van der Waals surface area contributed by atoms with Crippen LogP contribution in [0.2, 0.25) is 0 Å². The van der Waals surface area contributed by atoms with Gasteiger partial charge in [-0.3, -0.25) is 4.79 Å². The third-order valence-electron chi connectivity index (χ3n) is 3.70. The molecule has 2 heterocycles. The van der Waals surface area contributed by atoms with Gasteiger partial charge in [-0.1, -0.05) is 26.0 Å². The molecular weight excluding hydrogens is 262 g/mol. The van der Waals surface area contributed by atoms with E-state index in [4.69, 9.17) is 0 Å². The molecule has 0 aliphatic carbocycles. The molecule has 2 N–H and O–H groups in total. The van der Waals surface area contributed by atoms with Crippen LogP contribution in [0.15, 0.2) is 35.5 Å². The quantitative estimate of drug-likeness (QED) is 0.838. The largest absolute Gasteiger partial charge is 0.339 e. The molecule has 0 saturated carbocycles. The summed E-state index contributed by atoms with van der Waals surface area (Å²) in [6.45, 7) is 4.63. The second-order valence-corrected chi connectivity index (χ2v) is 6.01. The van der Waals surface area contributed by atoms with Crippen molar-refractivity contribution >= 4 is 22.8 Å². The summed E-state index contributed by atoms with van der Waals surface area (Å²) in [4.78, 5) is 19.8. The standard InChI is InChI=1S/C17H19N3O/c1-17(2)6-7-19-16-13(9-17)12-8-11(15(21)10-18-3)4-5-14(12)20-16/h4-9,18H,10H2,1-3H3,(H,19,20). The van der Waals surface area contributed by atoms with Crippen molar-refractivity contribution in [2.24, 2.45) is 10.4 Å². The number of aromatic nitrogens is 1. The number of nitrogens with one attached hydrogen (secondary N) is 2. The molecule has 0 atom stereocenters. The van der Waals surface area contributed by atoms with Crippen LogP contribution < -0.4 is 16.0 Å². The van der Waals surface area contributed by atoms with E-state index in [1.165, 1.54) is 0 Å². The van der Waals surface area contributed by atoms with E-state index in [1.807, 2.05) is 24.4 Å². The Hall–Kier alpha value is -2.20. The summed E-state index contributed by atoms with van der Waals surface area (Å²) in [6.07, 6.45) is 6.11. The molecule has 1 aromatic carbocycles. The molecule has 21 heavy (non-hydrogen) atoms. The molecular formula is C17H19N3O. The number of hydrogen-bond acceptors (Lipinski definition) is 3. The number of aromatic amines is 1. The molecule has 108 valence electrons. The van der Waals surface area contributed by atoms with Crippen molar-refractivity contribution in [3.8, 4) is 0 Å². The summed E-state index contributed by atoms with van der Waals surface area (Å²) < 4.78 is 0. The molecule has 0 amide bonds. The first-order chi connectivity index (χ1) is 10.00. The summed E-state index contributed by atoms with van der Waals surface area (Å²) >= 11 is 0. The average molecular weight is 281 g/mol. The second-order valence-electron chi connectivity index (χ2n) is 6.01. The maximum Gasteiger partial charge on any atom is 0.176 e. The number of allylic oxidation sites excluding steroid dienone is 1. The summed E-state index contributed by atoms with van der Waals surface area (Å²) in [7, 11) is 1.78. The second kappa shape index (κ2) is 4.97. The number of fused-ring (bicyclic) bond motifs is 3. The van der Waals surface area contributed by atoms with Crippen molar-refractivity contribution < 1.29 is 4.79 Å². The van der Waals surface area contributed by atoms with Gasteiger partial charge in [-0.15, -0.1) is 0 Å². The monoisotopic (exact) mass is 281 g/mol. The van der Waals surface area contributed by atoms with Crippen molar-refractivity contribution in [1.82, 2.24) is 10.3 Å². The normalized spacial score (nSPS) is 16.0. The number of carbonyl (C=O) groups is 1. The van der Waals surface area contributed by atoms with E-state index in [1.54, 1.807) is 7.05 Å². The molecule has 3 rings (SSSR count). The average Bonchev–Trinajstić information content (AvgIpc) is 2.67. The van der Waals surface area contributed by atoms with Crippen LogP contribution in [0, 0.1) is 5.41 Å². The summed E-state index contributed by atoms with van der Waals surface area (Å²) in [5, 5.41) is 5.02. The number of nitrogens with zero attached hydrogens (tertiary/aromatic N) is 1. The van der Waals surface area contributed by atoms with Gasteiger partial charge in [0.25, 0.3) is 0 Å². The Morgan fingerprint density at radius 1 is 1.38 bits per heavy atom. The van der Waals surface area contributed by atoms with Crippen molar-refractivity contribution in [3.63, 3.8) is 0 Å². The predicted octanol–water partition coefficient (Wildman–Crippen LogP) is 1.52. The van der Waals surface area contributed by atoms with Gasteiger partial charge < -0.3 is 10.3 Å². The molecule has 1 aliphatic rings. The van der Waals surface area contributed by atoms with Gasteiger partial charge in [-0.05, 0) is 25.2 Å². The van der Waals surface area contributed by atoms with Gasteiger partial charge >= 0.3 is 0 Å². The van der Waals surface area contributed by atoms with Gasteiger partial charge in [0.05, 0.1) is 6.54 Å². The highest BCUT2D eigenvalue weighted by molar-refractivity contribution is 6.00. The van der Waals surface area contributed by atoms with Crippen LogP contribution in [0.25, 0.3) is 17.0 Å². The number of benzene rings is 1.